The number of nitrogens with zero attached hydrogens (tertiary/aromatic N) is 2. The first-order valence-corrected chi connectivity index (χ1v) is 9.26. The summed E-state index contributed by atoms with van der Waals surface area (Å²) in [5.74, 6) is 0.581. The first kappa shape index (κ1) is 19.7. The van der Waals surface area contributed by atoms with Crippen molar-refractivity contribution in [3.05, 3.63) is 54.1 Å². The molecule has 2 N–H and O–H groups in total. The van der Waals surface area contributed by atoms with Crippen molar-refractivity contribution in [2.75, 3.05) is 38.6 Å². The Morgan fingerprint density at radius 2 is 1.68 bits per heavy atom. The maximum Gasteiger partial charge on any atom is 0.253 e. The van der Waals surface area contributed by atoms with E-state index in [1.165, 1.54) is 12.1 Å². The van der Waals surface area contributed by atoms with Crippen LogP contribution in [0, 0.1) is 0 Å². The Hall–Kier alpha value is -3.06. The lowest BCUT2D eigenvalue weighted by Gasteiger charge is -2.37. The Balaban J connectivity index is 1.55. The average Bonchev–Trinajstić information content (AvgIpc) is 2.73. The van der Waals surface area contributed by atoms with Crippen LogP contribution in [0.5, 0.6) is 11.5 Å². The molecule has 2 aromatic carbocycles. The SMILES string of the molecule is COc1ccccc1NC(=O)[C@H](C)N1CCN(C(=O)c2ccc(O)cc2)CC1. The lowest BCUT2D eigenvalue weighted by molar-refractivity contribution is -0.121. The molecule has 1 atom stereocenters. The number of hydrogen-bond donors (Lipinski definition) is 2. The van der Waals surface area contributed by atoms with E-state index in [2.05, 4.69) is 10.2 Å². The summed E-state index contributed by atoms with van der Waals surface area (Å²) in [6.45, 7) is 4.19. The molecule has 1 aliphatic rings. The number of rotatable bonds is 5. The topological polar surface area (TPSA) is 82.1 Å². The van der Waals surface area contributed by atoms with Crippen molar-refractivity contribution in [1.29, 1.82) is 0 Å². The van der Waals surface area contributed by atoms with Crippen molar-refractivity contribution >= 4 is 17.5 Å². The van der Waals surface area contributed by atoms with E-state index in [1.54, 1.807) is 36.3 Å². The van der Waals surface area contributed by atoms with E-state index in [-0.39, 0.29) is 23.6 Å². The Bertz CT molecular complexity index is 830. The van der Waals surface area contributed by atoms with Gasteiger partial charge < -0.3 is 20.1 Å². The first-order chi connectivity index (χ1) is 13.5. The molecule has 1 fully saturated rings. The number of para-hydroxylation sites is 2. The van der Waals surface area contributed by atoms with Crippen LogP contribution in [0.3, 0.4) is 0 Å². The molecule has 28 heavy (non-hydrogen) atoms. The van der Waals surface area contributed by atoms with Crippen molar-refractivity contribution in [3.8, 4) is 11.5 Å². The molecule has 0 spiro atoms. The van der Waals surface area contributed by atoms with Gasteiger partial charge in [-0.25, -0.2) is 0 Å². The molecule has 3 rings (SSSR count). The van der Waals surface area contributed by atoms with Crippen molar-refractivity contribution in [3.63, 3.8) is 0 Å². The monoisotopic (exact) mass is 383 g/mol. The Labute approximate surface area is 164 Å². The van der Waals surface area contributed by atoms with Crippen molar-refractivity contribution in [2.45, 2.75) is 13.0 Å². The minimum absolute atomic E-state index is 0.0641. The number of amides is 2. The molecule has 2 amide bonds. The van der Waals surface area contributed by atoms with E-state index in [4.69, 9.17) is 4.74 Å². The highest BCUT2D eigenvalue weighted by Crippen LogP contribution is 2.23. The summed E-state index contributed by atoms with van der Waals surface area (Å²) in [5.41, 5.74) is 1.19. The van der Waals surface area contributed by atoms with Crippen molar-refractivity contribution < 1.29 is 19.4 Å². The summed E-state index contributed by atoms with van der Waals surface area (Å²) in [6.07, 6.45) is 0. The standard InChI is InChI=1S/C21H25N3O4/c1-15(20(26)22-18-5-3-4-6-19(18)28-2)23-11-13-24(14-12-23)21(27)16-7-9-17(25)10-8-16/h3-10,15,25H,11-14H2,1-2H3,(H,22,26)/t15-/m0/s1. The fraction of sp³-hybridized carbons (Fsp3) is 0.333. The van der Waals surface area contributed by atoms with Gasteiger partial charge in [0.05, 0.1) is 18.8 Å². The van der Waals surface area contributed by atoms with Gasteiger partial charge in [-0.1, -0.05) is 12.1 Å². The Morgan fingerprint density at radius 1 is 1.04 bits per heavy atom. The molecule has 0 unspecified atom stereocenters. The predicted molar refractivity (Wildman–Crippen MR) is 107 cm³/mol. The lowest BCUT2D eigenvalue weighted by Crippen LogP contribution is -2.54. The van der Waals surface area contributed by atoms with E-state index in [9.17, 15) is 14.7 Å². The third kappa shape index (κ3) is 4.43. The highest BCUT2D eigenvalue weighted by molar-refractivity contribution is 5.96. The summed E-state index contributed by atoms with van der Waals surface area (Å²) in [7, 11) is 1.57. The zero-order valence-corrected chi connectivity index (χ0v) is 16.1. The zero-order chi connectivity index (χ0) is 20.1. The van der Waals surface area contributed by atoms with E-state index >= 15 is 0 Å². The third-order valence-electron chi connectivity index (χ3n) is 5.01. The molecule has 7 heteroatoms. The molecule has 1 heterocycles. The van der Waals surface area contributed by atoms with Crippen molar-refractivity contribution in [1.82, 2.24) is 9.80 Å². The highest BCUT2D eigenvalue weighted by atomic mass is 16.5. The number of ether oxygens (including phenoxy) is 1. The molecule has 1 saturated heterocycles. The maximum atomic E-state index is 12.6. The molecule has 0 aromatic heterocycles. The quantitative estimate of drug-likeness (QED) is 0.827. The van der Waals surface area contributed by atoms with Gasteiger partial charge in [0.1, 0.15) is 11.5 Å². The maximum absolute atomic E-state index is 12.6. The van der Waals surface area contributed by atoms with Crippen LogP contribution in [0.4, 0.5) is 5.69 Å². The number of phenolic OH excluding ortho intramolecular Hbond substituents is 1. The summed E-state index contributed by atoms with van der Waals surface area (Å²) < 4.78 is 5.27. The molecule has 0 aliphatic carbocycles. The molecular weight excluding hydrogens is 358 g/mol. The van der Waals surface area contributed by atoms with Crippen LogP contribution in [0.15, 0.2) is 48.5 Å². The molecular formula is C21H25N3O4. The fourth-order valence-corrected chi connectivity index (χ4v) is 3.25. The summed E-state index contributed by atoms with van der Waals surface area (Å²) >= 11 is 0. The molecule has 1 aliphatic heterocycles. The largest absolute Gasteiger partial charge is 0.508 e. The second-order valence-electron chi connectivity index (χ2n) is 6.74. The van der Waals surface area contributed by atoms with Gasteiger partial charge in [-0.15, -0.1) is 0 Å². The third-order valence-corrected chi connectivity index (χ3v) is 5.01. The zero-order valence-electron chi connectivity index (χ0n) is 16.1. The van der Waals surface area contributed by atoms with Gasteiger partial charge in [0.25, 0.3) is 5.91 Å². The number of hydrogen-bond acceptors (Lipinski definition) is 5. The second-order valence-corrected chi connectivity index (χ2v) is 6.74. The number of phenols is 1. The number of nitrogens with one attached hydrogen (secondary N) is 1. The van der Waals surface area contributed by atoms with Crippen LogP contribution in [-0.4, -0.2) is 66.1 Å². The van der Waals surface area contributed by atoms with Gasteiger partial charge in [0.15, 0.2) is 0 Å². The lowest BCUT2D eigenvalue weighted by atomic mass is 10.1. The molecule has 7 nitrogen and oxygen atoms in total. The van der Waals surface area contributed by atoms with E-state index in [0.29, 0.717) is 43.2 Å². The van der Waals surface area contributed by atoms with Crippen LogP contribution in [0.25, 0.3) is 0 Å². The van der Waals surface area contributed by atoms with Gasteiger partial charge in [-0.05, 0) is 43.3 Å². The Morgan fingerprint density at radius 3 is 2.32 bits per heavy atom. The minimum Gasteiger partial charge on any atom is -0.508 e. The van der Waals surface area contributed by atoms with Gasteiger partial charge in [0.2, 0.25) is 5.91 Å². The van der Waals surface area contributed by atoms with Crippen LogP contribution in [0.2, 0.25) is 0 Å². The molecule has 148 valence electrons. The number of methoxy groups -OCH3 is 1. The number of anilines is 1. The second kappa shape index (κ2) is 8.75. The van der Waals surface area contributed by atoms with Crippen LogP contribution in [0.1, 0.15) is 17.3 Å². The fourth-order valence-electron chi connectivity index (χ4n) is 3.25. The van der Waals surface area contributed by atoms with Crippen molar-refractivity contribution in [2.24, 2.45) is 0 Å². The number of piperazine rings is 1. The van der Waals surface area contributed by atoms with E-state index < -0.39 is 0 Å². The van der Waals surface area contributed by atoms with E-state index in [0.717, 1.165) is 0 Å². The predicted octanol–water partition coefficient (Wildman–Crippen LogP) is 2.19. The van der Waals surface area contributed by atoms with Crippen LogP contribution >= 0.6 is 0 Å². The van der Waals surface area contributed by atoms with Crippen LogP contribution < -0.4 is 10.1 Å². The summed E-state index contributed by atoms with van der Waals surface area (Å²) in [6, 6.07) is 13.2. The van der Waals surface area contributed by atoms with Gasteiger partial charge in [0, 0.05) is 31.7 Å². The normalized spacial score (nSPS) is 15.7. The van der Waals surface area contributed by atoms with Crippen LogP contribution in [-0.2, 0) is 4.79 Å². The number of benzene rings is 2. The molecule has 2 aromatic rings. The van der Waals surface area contributed by atoms with E-state index in [1.807, 2.05) is 19.1 Å². The Kier molecular flexibility index (Phi) is 6.16. The van der Waals surface area contributed by atoms with Gasteiger partial charge in [-0.2, -0.15) is 0 Å². The molecule has 0 bridgehead atoms. The highest BCUT2D eigenvalue weighted by Gasteiger charge is 2.28. The number of aromatic hydroxyl groups is 1. The summed E-state index contributed by atoms with van der Waals surface area (Å²) in [4.78, 5) is 29.0. The molecule has 0 radical (unpaired) electrons. The minimum atomic E-state index is -0.323. The first-order valence-electron chi connectivity index (χ1n) is 9.26. The summed E-state index contributed by atoms with van der Waals surface area (Å²) in [5, 5.41) is 12.3. The van der Waals surface area contributed by atoms with Gasteiger partial charge in [-0.3, -0.25) is 14.5 Å². The average molecular weight is 383 g/mol. The molecule has 0 saturated carbocycles. The van der Waals surface area contributed by atoms with Gasteiger partial charge >= 0.3 is 0 Å². The number of carbonyl (C=O) groups excluding carboxylic acids is 2. The number of carbonyl (C=O) groups is 2. The smallest absolute Gasteiger partial charge is 0.253 e.